The summed E-state index contributed by atoms with van der Waals surface area (Å²) in [6.07, 6.45) is 7.85. The van der Waals surface area contributed by atoms with E-state index in [2.05, 4.69) is 11.9 Å². The number of hydrogen-bond acceptors (Lipinski definition) is 3. The van der Waals surface area contributed by atoms with E-state index in [0.717, 1.165) is 29.3 Å². The minimum absolute atomic E-state index is 0.225. The molecule has 0 amide bonds. The molecule has 21 heavy (non-hydrogen) atoms. The van der Waals surface area contributed by atoms with Crippen LogP contribution in [0.25, 0.3) is 10.8 Å². The van der Waals surface area contributed by atoms with Crippen molar-refractivity contribution in [3.8, 4) is 11.5 Å². The first-order valence-corrected chi connectivity index (χ1v) is 7.67. The molecule has 0 unspecified atom stereocenters. The molecule has 2 N–H and O–H groups in total. The highest BCUT2D eigenvalue weighted by Crippen LogP contribution is 2.28. The van der Waals surface area contributed by atoms with Crippen LogP contribution < -0.4 is 0 Å². The molecule has 112 valence electrons. The Bertz CT molecular complexity index is 620. The van der Waals surface area contributed by atoms with Crippen molar-refractivity contribution in [2.75, 3.05) is 6.54 Å². The molecule has 2 aromatic rings. The predicted octanol–water partition coefficient (Wildman–Crippen LogP) is 4.64. The molecular formula is C18H23NO2. The second-order valence-corrected chi connectivity index (χ2v) is 5.35. The Hall–Kier alpha value is -2.03. The summed E-state index contributed by atoms with van der Waals surface area (Å²) in [7, 11) is 0. The summed E-state index contributed by atoms with van der Waals surface area (Å²) in [5.41, 5.74) is 0.723. The van der Waals surface area contributed by atoms with E-state index < -0.39 is 0 Å². The second kappa shape index (κ2) is 7.67. The fourth-order valence-corrected chi connectivity index (χ4v) is 2.43. The zero-order valence-electron chi connectivity index (χ0n) is 12.5. The van der Waals surface area contributed by atoms with Crippen molar-refractivity contribution in [2.24, 2.45) is 4.99 Å². The summed E-state index contributed by atoms with van der Waals surface area (Å²) in [5.74, 6) is 0.454. The zero-order valence-corrected chi connectivity index (χ0v) is 12.5. The lowest BCUT2D eigenvalue weighted by atomic mass is 10.0. The first-order valence-electron chi connectivity index (χ1n) is 7.67. The van der Waals surface area contributed by atoms with Gasteiger partial charge in [-0.25, -0.2) is 0 Å². The lowest BCUT2D eigenvalue weighted by Gasteiger charge is -2.05. The summed E-state index contributed by atoms with van der Waals surface area (Å²) in [5, 5.41) is 21.3. The summed E-state index contributed by atoms with van der Waals surface area (Å²) in [6, 6.07) is 8.57. The zero-order chi connectivity index (χ0) is 15.1. The van der Waals surface area contributed by atoms with Gasteiger partial charge in [0.1, 0.15) is 11.5 Å². The van der Waals surface area contributed by atoms with Crippen molar-refractivity contribution in [3.63, 3.8) is 0 Å². The Morgan fingerprint density at radius 1 is 1.00 bits per heavy atom. The molecule has 0 atom stereocenters. The Morgan fingerprint density at radius 3 is 2.62 bits per heavy atom. The molecule has 0 radical (unpaired) electrons. The lowest BCUT2D eigenvalue weighted by molar-refractivity contribution is 0.473. The third-order valence-electron chi connectivity index (χ3n) is 3.63. The van der Waals surface area contributed by atoms with E-state index in [-0.39, 0.29) is 11.5 Å². The number of unbranched alkanes of at least 4 members (excludes halogenated alkanes) is 4. The average Bonchev–Trinajstić information content (AvgIpc) is 2.48. The molecule has 0 aliphatic rings. The van der Waals surface area contributed by atoms with Gasteiger partial charge in [0.15, 0.2) is 0 Å². The quantitative estimate of drug-likeness (QED) is 0.575. The van der Waals surface area contributed by atoms with Gasteiger partial charge in [0.2, 0.25) is 0 Å². The van der Waals surface area contributed by atoms with E-state index >= 15 is 0 Å². The smallest absolute Gasteiger partial charge is 0.124 e. The van der Waals surface area contributed by atoms with E-state index in [1.807, 2.05) is 6.07 Å². The van der Waals surface area contributed by atoms with Crippen LogP contribution in [-0.4, -0.2) is 23.0 Å². The third kappa shape index (κ3) is 4.22. The molecule has 3 heteroatoms. The van der Waals surface area contributed by atoms with Crippen LogP contribution in [0.2, 0.25) is 0 Å². The number of aliphatic imine (C=N–C) groups is 1. The molecule has 3 nitrogen and oxygen atoms in total. The number of fused-ring (bicyclic) bond motifs is 1. The van der Waals surface area contributed by atoms with Crippen LogP contribution in [0.15, 0.2) is 35.3 Å². The Balaban J connectivity index is 2.05. The maximum Gasteiger partial charge on any atom is 0.124 e. The number of nitrogens with zero attached hydrogens (tertiary/aromatic N) is 1. The number of benzene rings is 2. The topological polar surface area (TPSA) is 52.8 Å². The average molecular weight is 285 g/mol. The monoisotopic (exact) mass is 285 g/mol. The Morgan fingerprint density at radius 2 is 1.81 bits per heavy atom. The van der Waals surface area contributed by atoms with E-state index in [4.69, 9.17) is 0 Å². The molecule has 0 aromatic heterocycles. The lowest BCUT2D eigenvalue weighted by Crippen LogP contribution is -1.89. The summed E-state index contributed by atoms with van der Waals surface area (Å²) in [4.78, 5) is 4.43. The van der Waals surface area contributed by atoms with E-state index in [9.17, 15) is 10.2 Å². The van der Waals surface area contributed by atoms with Crippen molar-refractivity contribution in [1.29, 1.82) is 0 Å². The van der Waals surface area contributed by atoms with Gasteiger partial charge in [0, 0.05) is 18.3 Å². The van der Waals surface area contributed by atoms with Gasteiger partial charge in [-0.3, -0.25) is 4.99 Å². The second-order valence-electron chi connectivity index (χ2n) is 5.35. The van der Waals surface area contributed by atoms with Gasteiger partial charge < -0.3 is 10.2 Å². The van der Waals surface area contributed by atoms with E-state index in [1.165, 1.54) is 25.7 Å². The number of phenolic OH excluding ortho intramolecular Hbond substituents is 2. The normalized spacial score (nSPS) is 11.5. The summed E-state index contributed by atoms with van der Waals surface area (Å²) >= 11 is 0. The molecule has 2 aromatic carbocycles. The van der Waals surface area contributed by atoms with Crippen LogP contribution in [0.1, 0.15) is 44.6 Å². The predicted molar refractivity (Wildman–Crippen MR) is 88.5 cm³/mol. The first kappa shape index (κ1) is 15.4. The van der Waals surface area contributed by atoms with E-state index in [1.54, 1.807) is 30.5 Å². The molecule has 0 heterocycles. The van der Waals surface area contributed by atoms with Gasteiger partial charge in [-0.15, -0.1) is 0 Å². The molecule has 0 aliphatic heterocycles. The van der Waals surface area contributed by atoms with Crippen molar-refractivity contribution in [1.82, 2.24) is 0 Å². The van der Waals surface area contributed by atoms with Gasteiger partial charge in [-0.1, -0.05) is 38.7 Å². The summed E-state index contributed by atoms with van der Waals surface area (Å²) in [6.45, 7) is 3.00. The highest BCUT2D eigenvalue weighted by molar-refractivity contribution is 6.02. The molecule has 2 rings (SSSR count). The van der Waals surface area contributed by atoms with Crippen molar-refractivity contribution in [2.45, 2.75) is 39.0 Å². The van der Waals surface area contributed by atoms with Crippen LogP contribution in [0.3, 0.4) is 0 Å². The van der Waals surface area contributed by atoms with E-state index in [0.29, 0.717) is 0 Å². The Kier molecular flexibility index (Phi) is 5.61. The van der Waals surface area contributed by atoms with Gasteiger partial charge >= 0.3 is 0 Å². The molecule has 0 aliphatic carbocycles. The number of hydrogen-bond donors (Lipinski definition) is 2. The van der Waals surface area contributed by atoms with Crippen LogP contribution in [0, 0.1) is 0 Å². The molecule has 0 fully saturated rings. The minimum Gasteiger partial charge on any atom is -0.508 e. The maximum atomic E-state index is 10.00. The Labute approximate surface area is 126 Å². The van der Waals surface area contributed by atoms with Gasteiger partial charge in [-0.05, 0) is 41.5 Å². The van der Waals surface area contributed by atoms with Crippen molar-refractivity contribution < 1.29 is 10.2 Å². The molecule has 0 bridgehead atoms. The molecule has 0 saturated carbocycles. The minimum atomic E-state index is 0.225. The fourth-order valence-electron chi connectivity index (χ4n) is 2.43. The van der Waals surface area contributed by atoms with Gasteiger partial charge in [0.05, 0.1) is 0 Å². The fraction of sp³-hybridized carbons (Fsp3) is 0.389. The van der Waals surface area contributed by atoms with Crippen LogP contribution in [0.4, 0.5) is 0 Å². The molecule has 0 saturated heterocycles. The number of phenols is 2. The first-order chi connectivity index (χ1) is 10.2. The number of rotatable bonds is 7. The molecular weight excluding hydrogens is 262 g/mol. The van der Waals surface area contributed by atoms with Crippen LogP contribution in [-0.2, 0) is 0 Å². The van der Waals surface area contributed by atoms with Crippen LogP contribution >= 0.6 is 0 Å². The standard InChI is InChI=1S/C18H23NO2/c1-2-3-4-5-6-11-19-13-17-16-9-8-15(20)12-14(16)7-10-18(17)21/h7-10,12-13,20-21H,2-6,11H2,1H3. The van der Waals surface area contributed by atoms with Crippen molar-refractivity contribution in [3.05, 3.63) is 35.9 Å². The van der Waals surface area contributed by atoms with Crippen molar-refractivity contribution >= 4 is 17.0 Å². The summed E-state index contributed by atoms with van der Waals surface area (Å²) < 4.78 is 0. The molecule has 0 spiro atoms. The third-order valence-corrected chi connectivity index (χ3v) is 3.63. The maximum absolute atomic E-state index is 10.00. The van der Waals surface area contributed by atoms with Gasteiger partial charge in [0.25, 0.3) is 0 Å². The largest absolute Gasteiger partial charge is 0.508 e. The van der Waals surface area contributed by atoms with Crippen LogP contribution in [0.5, 0.6) is 11.5 Å². The van der Waals surface area contributed by atoms with Gasteiger partial charge in [-0.2, -0.15) is 0 Å². The number of aromatic hydroxyl groups is 2. The SMILES string of the molecule is CCCCCCCN=Cc1c(O)ccc2cc(O)ccc12. The highest BCUT2D eigenvalue weighted by atomic mass is 16.3. The highest BCUT2D eigenvalue weighted by Gasteiger charge is 2.05.